The summed E-state index contributed by atoms with van der Waals surface area (Å²) in [6.07, 6.45) is 0.936. The Kier molecular flexibility index (Phi) is 4.66. The lowest BCUT2D eigenvalue weighted by molar-refractivity contribution is -0.384. The Morgan fingerprint density at radius 3 is 3.09 bits per heavy atom. The van der Waals surface area contributed by atoms with Crippen LogP contribution >= 0.6 is 11.8 Å². The van der Waals surface area contributed by atoms with E-state index in [0.29, 0.717) is 29.9 Å². The van der Waals surface area contributed by atoms with E-state index in [1.54, 1.807) is 12.1 Å². The number of non-ortho nitro benzene ring substituents is 1. The van der Waals surface area contributed by atoms with Gasteiger partial charge < -0.3 is 13.9 Å². The Morgan fingerprint density at radius 2 is 2.32 bits per heavy atom. The van der Waals surface area contributed by atoms with Crippen molar-refractivity contribution in [3.8, 4) is 11.5 Å². The zero-order valence-electron chi connectivity index (χ0n) is 11.5. The molecule has 116 valence electrons. The minimum Gasteiger partial charge on any atom is -0.411 e. The largest absolute Gasteiger partial charge is 0.411 e. The average molecular weight is 323 g/mol. The van der Waals surface area contributed by atoms with Gasteiger partial charge in [-0.3, -0.25) is 10.1 Å². The van der Waals surface area contributed by atoms with Gasteiger partial charge in [0.2, 0.25) is 5.89 Å². The van der Waals surface area contributed by atoms with Crippen LogP contribution in [-0.2, 0) is 9.47 Å². The Hall–Kier alpha value is -1.97. The molecule has 0 radical (unpaired) electrons. The van der Waals surface area contributed by atoms with Gasteiger partial charge in [0.05, 0.1) is 17.6 Å². The molecule has 1 fully saturated rings. The molecule has 1 saturated heterocycles. The van der Waals surface area contributed by atoms with Crippen LogP contribution in [0.3, 0.4) is 0 Å². The predicted octanol–water partition coefficient (Wildman–Crippen LogP) is 2.50. The first-order chi connectivity index (χ1) is 10.7. The van der Waals surface area contributed by atoms with E-state index >= 15 is 0 Å². The van der Waals surface area contributed by atoms with Crippen LogP contribution in [0.1, 0.15) is 6.42 Å². The van der Waals surface area contributed by atoms with Crippen LogP contribution in [0.4, 0.5) is 5.69 Å². The molecule has 0 amide bonds. The number of aromatic nitrogens is 2. The number of benzene rings is 1. The van der Waals surface area contributed by atoms with Crippen LogP contribution in [0.2, 0.25) is 0 Å². The van der Waals surface area contributed by atoms with Gasteiger partial charge >= 0.3 is 0 Å². The van der Waals surface area contributed by atoms with E-state index in [2.05, 4.69) is 10.2 Å². The fraction of sp³-hybridized carbons (Fsp3) is 0.385. The predicted molar refractivity (Wildman–Crippen MR) is 77.4 cm³/mol. The number of hydrogen-bond donors (Lipinski definition) is 0. The van der Waals surface area contributed by atoms with Gasteiger partial charge in [0, 0.05) is 23.4 Å². The third-order valence-corrected chi connectivity index (χ3v) is 4.02. The van der Waals surface area contributed by atoms with Crippen LogP contribution in [0.15, 0.2) is 33.9 Å². The van der Waals surface area contributed by atoms with E-state index in [4.69, 9.17) is 13.9 Å². The van der Waals surface area contributed by atoms with Gasteiger partial charge in [0.1, 0.15) is 6.79 Å². The highest BCUT2D eigenvalue weighted by Crippen LogP contribution is 2.27. The Bertz CT molecular complexity index is 657. The van der Waals surface area contributed by atoms with Crippen molar-refractivity contribution >= 4 is 17.4 Å². The number of hydrogen-bond acceptors (Lipinski definition) is 8. The lowest BCUT2D eigenvalue weighted by atomic mass is 10.2. The first-order valence-corrected chi connectivity index (χ1v) is 7.61. The maximum atomic E-state index is 10.8. The number of nitro groups is 1. The first-order valence-electron chi connectivity index (χ1n) is 6.63. The summed E-state index contributed by atoms with van der Waals surface area (Å²) in [5.74, 6) is 0.957. The molecule has 0 saturated carbocycles. The highest BCUT2D eigenvalue weighted by Gasteiger charge is 2.17. The summed E-state index contributed by atoms with van der Waals surface area (Å²) in [5, 5.41) is 19.1. The van der Waals surface area contributed by atoms with Crippen LogP contribution in [-0.4, -0.2) is 40.4 Å². The van der Waals surface area contributed by atoms with E-state index in [9.17, 15) is 10.1 Å². The van der Waals surface area contributed by atoms with Gasteiger partial charge in [-0.25, -0.2) is 0 Å². The van der Waals surface area contributed by atoms with Crippen molar-refractivity contribution in [3.05, 3.63) is 34.4 Å². The highest BCUT2D eigenvalue weighted by atomic mass is 32.2. The Balaban J connectivity index is 1.65. The highest BCUT2D eigenvalue weighted by molar-refractivity contribution is 7.99. The van der Waals surface area contributed by atoms with Crippen molar-refractivity contribution in [1.29, 1.82) is 0 Å². The van der Waals surface area contributed by atoms with Gasteiger partial charge in [-0.1, -0.05) is 17.8 Å². The molecule has 2 heterocycles. The summed E-state index contributed by atoms with van der Waals surface area (Å²) >= 11 is 1.40. The summed E-state index contributed by atoms with van der Waals surface area (Å²) in [6, 6.07) is 6.10. The molecular formula is C13H13N3O5S. The van der Waals surface area contributed by atoms with Gasteiger partial charge in [-0.05, 0) is 12.5 Å². The van der Waals surface area contributed by atoms with E-state index in [1.165, 1.54) is 23.9 Å². The van der Waals surface area contributed by atoms with Crippen molar-refractivity contribution in [3.63, 3.8) is 0 Å². The zero-order chi connectivity index (χ0) is 15.4. The maximum absolute atomic E-state index is 10.8. The van der Waals surface area contributed by atoms with Crippen LogP contribution in [0.25, 0.3) is 11.5 Å². The van der Waals surface area contributed by atoms with E-state index in [0.717, 1.165) is 6.42 Å². The van der Waals surface area contributed by atoms with E-state index in [-0.39, 0.29) is 17.7 Å². The quantitative estimate of drug-likeness (QED) is 0.470. The molecule has 1 aliphatic rings. The summed E-state index contributed by atoms with van der Waals surface area (Å²) in [6.45, 7) is 1.00. The topological polar surface area (TPSA) is 101 Å². The van der Waals surface area contributed by atoms with Crippen molar-refractivity contribution in [2.24, 2.45) is 0 Å². The first kappa shape index (κ1) is 14.9. The van der Waals surface area contributed by atoms with Crippen molar-refractivity contribution < 1.29 is 18.8 Å². The van der Waals surface area contributed by atoms with Crippen molar-refractivity contribution in [1.82, 2.24) is 10.2 Å². The molecule has 1 atom stereocenters. The van der Waals surface area contributed by atoms with Crippen LogP contribution in [0, 0.1) is 10.1 Å². The second-order valence-corrected chi connectivity index (χ2v) is 5.57. The smallest absolute Gasteiger partial charge is 0.276 e. The summed E-state index contributed by atoms with van der Waals surface area (Å²) in [4.78, 5) is 10.3. The number of nitro benzene ring substituents is 1. The third kappa shape index (κ3) is 3.62. The average Bonchev–Trinajstić information content (AvgIpc) is 3.03. The molecule has 0 unspecified atom stereocenters. The van der Waals surface area contributed by atoms with Crippen LogP contribution in [0.5, 0.6) is 0 Å². The number of rotatable bonds is 5. The lowest BCUT2D eigenvalue weighted by Gasteiger charge is -2.21. The molecule has 8 nitrogen and oxygen atoms in total. The van der Waals surface area contributed by atoms with Gasteiger partial charge in [0.15, 0.2) is 0 Å². The summed E-state index contributed by atoms with van der Waals surface area (Å²) in [5.41, 5.74) is 0.511. The minimum atomic E-state index is -0.460. The van der Waals surface area contributed by atoms with Gasteiger partial charge in [0.25, 0.3) is 10.9 Å². The van der Waals surface area contributed by atoms with Gasteiger partial charge in [-0.15, -0.1) is 10.2 Å². The fourth-order valence-electron chi connectivity index (χ4n) is 1.93. The van der Waals surface area contributed by atoms with E-state index < -0.39 is 4.92 Å². The van der Waals surface area contributed by atoms with Crippen LogP contribution < -0.4 is 0 Å². The molecule has 9 heteroatoms. The summed E-state index contributed by atoms with van der Waals surface area (Å²) in [7, 11) is 0. The Morgan fingerprint density at radius 1 is 1.41 bits per heavy atom. The molecule has 1 aliphatic heterocycles. The molecule has 0 aliphatic carbocycles. The molecule has 3 rings (SSSR count). The normalized spacial score (nSPS) is 18.3. The van der Waals surface area contributed by atoms with E-state index in [1.807, 2.05) is 0 Å². The molecule has 1 aromatic carbocycles. The standard InChI is InChI=1S/C13H13N3O5S/c17-16(18)10-3-1-2-9(6-10)12-14-15-13(21-12)22-7-11-4-5-19-8-20-11/h1-3,6,11H,4-5,7-8H2/t11-/m0/s1. The second kappa shape index (κ2) is 6.86. The van der Waals surface area contributed by atoms with Crippen molar-refractivity contribution in [2.45, 2.75) is 17.7 Å². The maximum Gasteiger partial charge on any atom is 0.276 e. The second-order valence-electron chi connectivity index (χ2n) is 4.60. The Labute approximate surface area is 130 Å². The fourth-order valence-corrected chi connectivity index (χ4v) is 2.76. The molecule has 0 spiro atoms. The zero-order valence-corrected chi connectivity index (χ0v) is 12.3. The summed E-state index contributed by atoms with van der Waals surface area (Å²) < 4.78 is 16.1. The van der Waals surface area contributed by atoms with Crippen molar-refractivity contribution in [2.75, 3.05) is 19.2 Å². The number of thioether (sulfide) groups is 1. The number of nitrogens with zero attached hydrogens (tertiary/aromatic N) is 3. The molecule has 0 bridgehead atoms. The molecular weight excluding hydrogens is 310 g/mol. The molecule has 1 aromatic heterocycles. The van der Waals surface area contributed by atoms with Gasteiger partial charge in [-0.2, -0.15) is 0 Å². The lowest BCUT2D eigenvalue weighted by Crippen LogP contribution is -2.25. The third-order valence-electron chi connectivity index (χ3n) is 3.07. The number of ether oxygens (including phenoxy) is 2. The molecule has 0 N–H and O–H groups in total. The minimum absolute atomic E-state index is 0.0134. The SMILES string of the molecule is O=[N+]([O-])c1cccc(-c2nnc(SC[C@@H]3CCOCO3)o2)c1. The molecule has 2 aromatic rings. The molecule has 22 heavy (non-hydrogen) atoms. The monoisotopic (exact) mass is 323 g/mol.